The van der Waals surface area contributed by atoms with Crippen LogP contribution in [0.5, 0.6) is 0 Å². The zero-order chi connectivity index (χ0) is 19.4. The van der Waals surface area contributed by atoms with E-state index in [2.05, 4.69) is 10.6 Å². The first kappa shape index (κ1) is 18.5. The van der Waals surface area contributed by atoms with E-state index in [0.717, 1.165) is 17.3 Å². The molecular formula is C18H17N4O4S+. The zero-order valence-electron chi connectivity index (χ0n) is 14.4. The molecule has 3 aromatic rings. The van der Waals surface area contributed by atoms with Gasteiger partial charge in [-0.2, -0.15) is 0 Å². The molecule has 0 aliphatic rings. The molecule has 0 bridgehead atoms. The second kappa shape index (κ2) is 7.92. The fourth-order valence-corrected chi connectivity index (χ4v) is 3.15. The van der Waals surface area contributed by atoms with E-state index in [4.69, 9.17) is 10.3 Å². The van der Waals surface area contributed by atoms with Crippen molar-refractivity contribution in [3.8, 4) is 5.69 Å². The smallest absolute Gasteiger partial charge is 0.366 e. The number of aryl methyl sites for hydroxylation is 1. The Morgan fingerprint density at radius 2 is 1.89 bits per heavy atom. The first-order valence-electron chi connectivity index (χ1n) is 7.98. The summed E-state index contributed by atoms with van der Waals surface area (Å²) in [5.74, 6) is -1.08. The van der Waals surface area contributed by atoms with Crippen LogP contribution in [0.4, 0.5) is 5.69 Å². The van der Waals surface area contributed by atoms with E-state index in [-0.39, 0.29) is 22.2 Å². The van der Waals surface area contributed by atoms with E-state index >= 15 is 0 Å². The van der Waals surface area contributed by atoms with Gasteiger partial charge in [-0.05, 0) is 40.8 Å². The Labute approximate surface area is 158 Å². The third kappa shape index (κ3) is 4.26. The van der Waals surface area contributed by atoms with Crippen molar-refractivity contribution in [2.24, 2.45) is 5.73 Å². The Hall–Kier alpha value is -3.33. The van der Waals surface area contributed by atoms with Gasteiger partial charge in [-0.25, -0.2) is 4.79 Å². The second-order valence-electron chi connectivity index (χ2n) is 5.70. The average molecular weight is 385 g/mol. The summed E-state index contributed by atoms with van der Waals surface area (Å²) < 4.78 is 6.32. The van der Waals surface area contributed by atoms with Crippen LogP contribution in [0.2, 0.25) is 0 Å². The SMILES string of the molecule is Cc1ccc(-[n+]2[nH]oc(=O)c2SCC(=O)Nc2ccccc2C(N)=O)cc1. The van der Waals surface area contributed by atoms with E-state index in [1.54, 1.807) is 18.2 Å². The first-order valence-corrected chi connectivity index (χ1v) is 8.96. The largest absolute Gasteiger partial charge is 0.442 e. The van der Waals surface area contributed by atoms with E-state index in [9.17, 15) is 14.4 Å². The number of anilines is 1. The van der Waals surface area contributed by atoms with Gasteiger partial charge in [0.15, 0.2) is 0 Å². The molecule has 0 aliphatic heterocycles. The Morgan fingerprint density at radius 3 is 2.59 bits per heavy atom. The van der Waals surface area contributed by atoms with Crippen molar-refractivity contribution in [2.75, 3.05) is 11.1 Å². The lowest BCUT2D eigenvalue weighted by atomic mass is 10.1. The number of carbonyl (C=O) groups excluding carboxylic acids is 2. The molecule has 0 saturated heterocycles. The summed E-state index contributed by atoms with van der Waals surface area (Å²) in [5.41, 5.74) is 7.04. The van der Waals surface area contributed by atoms with Crippen LogP contribution in [-0.2, 0) is 4.79 Å². The Balaban J connectivity index is 1.73. The normalized spacial score (nSPS) is 10.6. The predicted octanol–water partition coefficient (Wildman–Crippen LogP) is 1.38. The number of H-pyrrole nitrogens is 1. The van der Waals surface area contributed by atoms with Crippen molar-refractivity contribution in [1.82, 2.24) is 5.27 Å². The van der Waals surface area contributed by atoms with Gasteiger partial charge in [-0.3, -0.25) is 14.1 Å². The highest BCUT2D eigenvalue weighted by molar-refractivity contribution is 7.99. The minimum absolute atomic E-state index is 0.0540. The van der Waals surface area contributed by atoms with Crippen molar-refractivity contribution < 1.29 is 18.8 Å². The van der Waals surface area contributed by atoms with Crippen LogP contribution >= 0.6 is 11.8 Å². The number of aromatic nitrogens is 2. The number of benzene rings is 2. The molecule has 138 valence electrons. The Bertz CT molecular complexity index is 1040. The number of nitrogens with two attached hydrogens (primary N) is 1. The average Bonchev–Trinajstić information content (AvgIpc) is 3.01. The van der Waals surface area contributed by atoms with E-state index < -0.39 is 11.5 Å². The lowest BCUT2D eigenvalue weighted by Gasteiger charge is -2.07. The van der Waals surface area contributed by atoms with Crippen molar-refractivity contribution in [3.05, 3.63) is 70.1 Å². The van der Waals surface area contributed by atoms with Gasteiger partial charge in [0.25, 0.3) is 5.91 Å². The van der Waals surface area contributed by atoms with Gasteiger partial charge in [-0.1, -0.05) is 29.8 Å². The molecule has 1 aromatic heterocycles. The monoisotopic (exact) mass is 385 g/mol. The number of thioether (sulfide) groups is 1. The molecule has 0 atom stereocenters. The van der Waals surface area contributed by atoms with Crippen LogP contribution in [0.25, 0.3) is 5.69 Å². The number of rotatable bonds is 6. The molecule has 2 amide bonds. The molecule has 2 aromatic carbocycles. The fourth-order valence-electron chi connectivity index (χ4n) is 2.38. The van der Waals surface area contributed by atoms with Crippen LogP contribution < -0.4 is 21.4 Å². The van der Waals surface area contributed by atoms with Crippen molar-refractivity contribution in [1.29, 1.82) is 0 Å². The molecule has 27 heavy (non-hydrogen) atoms. The van der Waals surface area contributed by atoms with Gasteiger partial charge >= 0.3 is 10.7 Å². The second-order valence-corrected chi connectivity index (χ2v) is 6.67. The molecule has 4 N–H and O–H groups in total. The van der Waals surface area contributed by atoms with Crippen molar-refractivity contribution in [3.63, 3.8) is 0 Å². The van der Waals surface area contributed by atoms with Crippen LogP contribution in [0.15, 0.2) is 62.9 Å². The van der Waals surface area contributed by atoms with Crippen LogP contribution in [0, 0.1) is 6.92 Å². The molecule has 8 nitrogen and oxygen atoms in total. The first-order chi connectivity index (χ1) is 13.0. The number of amides is 2. The molecular weight excluding hydrogens is 368 g/mol. The summed E-state index contributed by atoms with van der Waals surface area (Å²) in [6.07, 6.45) is 0. The maximum Gasteiger partial charge on any atom is 0.442 e. The number of carbonyl (C=O) groups is 2. The third-order valence-corrected chi connectivity index (χ3v) is 4.74. The maximum atomic E-state index is 12.3. The summed E-state index contributed by atoms with van der Waals surface area (Å²) in [5, 5.41) is 5.38. The van der Waals surface area contributed by atoms with Gasteiger partial charge in [0, 0.05) is 12.1 Å². The number of aromatic amines is 1. The highest BCUT2D eigenvalue weighted by Crippen LogP contribution is 2.16. The summed E-state index contributed by atoms with van der Waals surface area (Å²) in [4.78, 5) is 35.6. The van der Waals surface area contributed by atoms with Crippen molar-refractivity contribution >= 4 is 29.3 Å². The van der Waals surface area contributed by atoms with Gasteiger partial charge in [-0.15, -0.1) is 0 Å². The number of hydrogen-bond acceptors (Lipinski definition) is 5. The molecule has 0 unspecified atom stereocenters. The van der Waals surface area contributed by atoms with E-state index in [1.807, 2.05) is 31.2 Å². The van der Waals surface area contributed by atoms with Gasteiger partial charge in [0.05, 0.1) is 17.0 Å². The lowest BCUT2D eigenvalue weighted by molar-refractivity contribution is -0.704. The minimum atomic E-state index is -0.637. The zero-order valence-corrected chi connectivity index (χ0v) is 15.2. The summed E-state index contributed by atoms with van der Waals surface area (Å²) >= 11 is 1.02. The van der Waals surface area contributed by atoms with E-state index in [0.29, 0.717) is 11.4 Å². The molecule has 9 heteroatoms. The van der Waals surface area contributed by atoms with Crippen LogP contribution in [0.1, 0.15) is 15.9 Å². The highest BCUT2D eigenvalue weighted by Gasteiger charge is 2.25. The number of primary amides is 1. The van der Waals surface area contributed by atoms with E-state index in [1.165, 1.54) is 10.7 Å². The molecule has 0 radical (unpaired) electrons. The predicted molar refractivity (Wildman–Crippen MR) is 99.9 cm³/mol. The summed E-state index contributed by atoms with van der Waals surface area (Å²) in [6, 6.07) is 13.9. The Kier molecular flexibility index (Phi) is 5.41. The molecule has 1 heterocycles. The molecule has 0 saturated carbocycles. The molecule has 0 spiro atoms. The molecule has 3 rings (SSSR count). The molecule has 0 fully saturated rings. The Morgan fingerprint density at radius 1 is 1.19 bits per heavy atom. The van der Waals surface area contributed by atoms with Gasteiger partial charge in [0.1, 0.15) is 0 Å². The molecule has 0 aliphatic carbocycles. The minimum Gasteiger partial charge on any atom is -0.366 e. The number of nitrogens with one attached hydrogen (secondary N) is 2. The summed E-state index contributed by atoms with van der Waals surface area (Å²) in [7, 11) is 0. The van der Waals surface area contributed by atoms with Gasteiger partial charge < -0.3 is 11.1 Å². The quantitative estimate of drug-likeness (QED) is 0.437. The van der Waals surface area contributed by atoms with Crippen LogP contribution in [-0.4, -0.2) is 22.8 Å². The number of para-hydroxylation sites is 1. The standard InChI is InChI=1S/C18H16N4O4S/c1-11-6-8-12(9-7-11)22-17(18(25)26-21-22)27-10-15(23)20-14-5-3-2-4-13(14)16(19)24/h2-9H,10H2,1H3,(H3-,19,20,21,23,24,25)/p+1. The summed E-state index contributed by atoms with van der Waals surface area (Å²) in [6.45, 7) is 1.95. The number of hydrogen-bond donors (Lipinski definition) is 3. The topological polar surface area (TPSA) is 122 Å². The highest BCUT2D eigenvalue weighted by atomic mass is 32.2. The fraction of sp³-hybridized carbons (Fsp3) is 0.111. The third-order valence-electron chi connectivity index (χ3n) is 3.71. The number of nitrogens with zero attached hydrogens (tertiary/aromatic N) is 1. The van der Waals surface area contributed by atoms with Crippen molar-refractivity contribution in [2.45, 2.75) is 11.9 Å². The lowest BCUT2D eigenvalue weighted by Crippen LogP contribution is -2.36. The maximum absolute atomic E-state index is 12.3. The van der Waals surface area contributed by atoms with Gasteiger partial charge in [0.2, 0.25) is 11.6 Å². The van der Waals surface area contributed by atoms with Crippen LogP contribution in [0.3, 0.4) is 0 Å².